The molecule has 0 atom stereocenters. The Hall–Kier alpha value is -1.81. The van der Waals surface area contributed by atoms with Crippen molar-refractivity contribution in [3.05, 3.63) is 47.9 Å². The Morgan fingerprint density at radius 2 is 2.00 bits per heavy atom. The number of nitrogens with two attached hydrogens (primary N) is 1. The molecule has 0 fully saturated rings. The molecule has 4 heteroatoms. The van der Waals surface area contributed by atoms with Gasteiger partial charge in [0.05, 0.1) is 6.20 Å². The summed E-state index contributed by atoms with van der Waals surface area (Å²) in [6, 6.07) is 9.43. The van der Waals surface area contributed by atoms with Crippen molar-refractivity contribution in [2.45, 2.75) is 13.2 Å². The van der Waals surface area contributed by atoms with Crippen LogP contribution in [0.4, 0.5) is 0 Å². The number of hydrogen-bond donors (Lipinski definition) is 1. The van der Waals surface area contributed by atoms with Crippen LogP contribution in [0.3, 0.4) is 0 Å². The molecule has 0 bridgehead atoms. The molecule has 1 aromatic carbocycles. The molecule has 2 aromatic rings. The van der Waals surface area contributed by atoms with Gasteiger partial charge in [0, 0.05) is 12.6 Å². The predicted molar refractivity (Wildman–Crippen MR) is 55.2 cm³/mol. The molecule has 0 aliphatic rings. The van der Waals surface area contributed by atoms with Gasteiger partial charge in [-0.15, -0.1) is 0 Å². The Morgan fingerprint density at radius 1 is 1.20 bits per heavy atom. The number of aromatic nitrogens is 1. The van der Waals surface area contributed by atoms with Crippen LogP contribution >= 0.6 is 0 Å². The predicted octanol–water partition coefficient (Wildman–Crippen LogP) is 1.71. The summed E-state index contributed by atoms with van der Waals surface area (Å²) in [5.74, 6) is 1.50. The molecular formula is C11H12N2O2. The van der Waals surface area contributed by atoms with Crippen molar-refractivity contribution in [1.29, 1.82) is 0 Å². The fourth-order valence-electron chi connectivity index (χ4n) is 1.19. The van der Waals surface area contributed by atoms with Crippen LogP contribution in [-0.4, -0.2) is 5.16 Å². The van der Waals surface area contributed by atoms with Crippen LogP contribution in [0.25, 0.3) is 0 Å². The van der Waals surface area contributed by atoms with E-state index in [1.807, 2.05) is 24.3 Å². The number of benzene rings is 1. The average Bonchev–Trinajstić information content (AvgIpc) is 2.80. The van der Waals surface area contributed by atoms with Crippen LogP contribution in [0.2, 0.25) is 0 Å². The lowest BCUT2D eigenvalue weighted by molar-refractivity contribution is 0.249. The fourth-order valence-corrected chi connectivity index (χ4v) is 1.19. The minimum Gasteiger partial charge on any atom is -0.486 e. The molecule has 0 radical (unpaired) electrons. The van der Waals surface area contributed by atoms with Gasteiger partial charge in [0.2, 0.25) is 0 Å². The minimum absolute atomic E-state index is 0.391. The fraction of sp³-hybridized carbons (Fsp3) is 0.182. The van der Waals surface area contributed by atoms with Gasteiger partial charge in [0.15, 0.2) is 5.76 Å². The highest BCUT2D eigenvalue weighted by molar-refractivity contribution is 5.27. The lowest BCUT2D eigenvalue weighted by Gasteiger charge is -2.04. The van der Waals surface area contributed by atoms with Crippen molar-refractivity contribution in [3.63, 3.8) is 0 Å². The van der Waals surface area contributed by atoms with Crippen LogP contribution in [0.1, 0.15) is 11.3 Å². The van der Waals surface area contributed by atoms with E-state index in [9.17, 15) is 0 Å². The summed E-state index contributed by atoms with van der Waals surface area (Å²) in [6.07, 6.45) is 1.59. The lowest BCUT2D eigenvalue weighted by Crippen LogP contribution is -1.97. The van der Waals surface area contributed by atoms with Gasteiger partial charge in [0.25, 0.3) is 0 Å². The maximum atomic E-state index is 5.49. The van der Waals surface area contributed by atoms with Crippen LogP contribution in [0.5, 0.6) is 5.75 Å². The molecule has 2 N–H and O–H groups in total. The van der Waals surface area contributed by atoms with E-state index in [-0.39, 0.29) is 0 Å². The summed E-state index contributed by atoms with van der Waals surface area (Å²) in [5.41, 5.74) is 6.57. The molecule has 4 nitrogen and oxygen atoms in total. The first-order valence-corrected chi connectivity index (χ1v) is 4.70. The number of ether oxygens (including phenoxy) is 1. The van der Waals surface area contributed by atoms with E-state index in [0.29, 0.717) is 18.9 Å². The third-order valence-corrected chi connectivity index (χ3v) is 2.03. The van der Waals surface area contributed by atoms with Crippen molar-refractivity contribution in [1.82, 2.24) is 5.16 Å². The standard InChI is InChI=1S/C11H12N2O2/c12-7-9-1-3-10(4-2-9)14-8-11-5-6-13-15-11/h1-6H,7-8,12H2. The second-order valence-corrected chi connectivity index (χ2v) is 3.12. The molecule has 78 valence electrons. The second-order valence-electron chi connectivity index (χ2n) is 3.12. The molecule has 0 saturated carbocycles. The second kappa shape index (κ2) is 4.61. The van der Waals surface area contributed by atoms with E-state index in [1.54, 1.807) is 12.3 Å². The van der Waals surface area contributed by atoms with Crippen LogP contribution in [-0.2, 0) is 13.2 Å². The van der Waals surface area contributed by atoms with Crippen LogP contribution in [0.15, 0.2) is 41.1 Å². The molecular weight excluding hydrogens is 192 g/mol. The van der Waals surface area contributed by atoms with Gasteiger partial charge in [0.1, 0.15) is 12.4 Å². The highest BCUT2D eigenvalue weighted by atomic mass is 16.5. The van der Waals surface area contributed by atoms with E-state index in [4.69, 9.17) is 15.0 Å². The summed E-state index contributed by atoms with van der Waals surface area (Å²) < 4.78 is 10.4. The first-order valence-electron chi connectivity index (χ1n) is 4.70. The monoisotopic (exact) mass is 204 g/mol. The van der Waals surface area contributed by atoms with Crippen molar-refractivity contribution in [2.75, 3.05) is 0 Å². The van der Waals surface area contributed by atoms with E-state index in [1.165, 1.54) is 0 Å². The first-order chi connectivity index (χ1) is 7.38. The van der Waals surface area contributed by atoms with Gasteiger partial charge in [-0.3, -0.25) is 0 Å². The van der Waals surface area contributed by atoms with E-state index < -0.39 is 0 Å². The normalized spacial score (nSPS) is 10.2. The third kappa shape index (κ3) is 2.57. The highest BCUT2D eigenvalue weighted by Gasteiger charge is 1.98. The van der Waals surface area contributed by atoms with E-state index in [2.05, 4.69) is 5.16 Å². The minimum atomic E-state index is 0.391. The summed E-state index contributed by atoms with van der Waals surface area (Å²) in [4.78, 5) is 0. The maximum absolute atomic E-state index is 5.49. The van der Waals surface area contributed by atoms with Gasteiger partial charge in [-0.2, -0.15) is 0 Å². The van der Waals surface area contributed by atoms with E-state index >= 15 is 0 Å². The zero-order valence-corrected chi connectivity index (χ0v) is 8.22. The average molecular weight is 204 g/mol. The zero-order chi connectivity index (χ0) is 10.5. The van der Waals surface area contributed by atoms with Crippen LogP contribution in [0, 0.1) is 0 Å². The van der Waals surface area contributed by atoms with Crippen molar-refractivity contribution in [2.24, 2.45) is 5.73 Å². The quantitative estimate of drug-likeness (QED) is 0.823. The molecule has 1 heterocycles. The molecule has 0 amide bonds. The Kier molecular flexibility index (Phi) is 2.99. The summed E-state index contributed by atoms with van der Waals surface area (Å²) in [7, 11) is 0. The molecule has 0 aliphatic heterocycles. The Labute approximate surface area is 87.6 Å². The zero-order valence-electron chi connectivity index (χ0n) is 8.22. The Balaban J connectivity index is 1.93. The number of nitrogens with zero attached hydrogens (tertiary/aromatic N) is 1. The molecule has 1 aromatic heterocycles. The van der Waals surface area contributed by atoms with Crippen molar-refractivity contribution < 1.29 is 9.26 Å². The topological polar surface area (TPSA) is 61.3 Å². The van der Waals surface area contributed by atoms with Crippen molar-refractivity contribution >= 4 is 0 Å². The van der Waals surface area contributed by atoms with E-state index in [0.717, 1.165) is 11.3 Å². The Bertz CT molecular complexity index is 395. The lowest BCUT2D eigenvalue weighted by atomic mass is 10.2. The van der Waals surface area contributed by atoms with Gasteiger partial charge in [-0.25, -0.2) is 0 Å². The molecule has 2 rings (SSSR count). The number of hydrogen-bond acceptors (Lipinski definition) is 4. The van der Waals surface area contributed by atoms with Gasteiger partial charge in [-0.1, -0.05) is 17.3 Å². The highest BCUT2D eigenvalue weighted by Crippen LogP contribution is 2.13. The number of rotatable bonds is 4. The molecule has 0 aliphatic carbocycles. The molecule has 15 heavy (non-hydrogen) atoms. The molecule has 0 spiro atoms. The Morgan fingerprint density at radius 3 is 2.60 bits per heavy atom. The largest absolute Gasteiger partial charge is 0.486 e. The molecule has 0 unspecified atom stereocenters. The van der Waals surface area contributed by atoms with Gasteiger partial charge < -0.3 is 15.0 Å². The first kappa shape index (κ1) is 9.73. The van der Waals surface area contributed by atoms with Gasteiger partial charge >= 0.3 is 0 Å². The summed E-state index contributed by atoms with van der Waals surface area (Å²) in [6.45, 7) is 0.935. The molecule has 0 saturated heterocycles. The summed E-state index contributed by atoms with van der Waals surface area (Å²) in [5, 5.41) is 3.59. The van der Waals surface area contributed by atoms with Crippen LogP contribution < -0.4 is 10.5 Å². The maximum Gasteiger partial charge on any atom is 0.174 e. The van der Waals surface area contributed by atoms with Gasteiger partial charge in [-0.05, 0) is 17.7 Å². The smallest absolute Gasteiger partial charge is 0.174 e. The van der Waals surface area contributed by atoms with Crippen molar-refractivity contribution in [3.8, 4) is 5.75 Å². The summed E-state index contributed by atoms with van der Waals surface area (Å²) >= 11 is 0. The third-order valence-electron chi connectivity index (χ3n) is 2.03. The SMILES string of the molecule is NCc1ccc(OCc2ccno2)cc1.